The van der Waals surface area contributed by atoms with E-state index in [0.717, 1.165) is 11.3 Å². The van der Waals surface area contributed by atoms with Crippen LogP contribution < -0.4 is 10.6 Å². The van der Waals surface area contributed by atoms with E-state index in [2.05, 4.69) is 0 Å². The molecule has 0 aromatic heterocycles. The molecule has 0 aliphatic carbocycles. The van der Waals surface area contributed by atoms with Crippen molar-refractivity contribution in [3.05, 3.63) is 53.6 Å². The van der Waals surface area contributed by atoms with Gasteiger partial charge in [-0.15, -0.1) is 0 Å². The SMILES string of the molecule is CC(C=CC(N)=O)=CC(C)C(=O)c1ccc(N(C)C)cc1. The van der Waals surface area contributed by atoms with Gasteiger partial charge in [0.15, 0.2) is 5.78 Å². The van der Waals surface area contributed by atoms with Gasteiger partial charge in [0.2, 0.25) is 5.91 Å². The molecule has 1 rings (SSSR count). The largest absolute Gasteiger partial charge is 0.378 e. The van der Waals surface area contributed by atoms with E-state index in [0.29, 0.717) is 5.56 Å². The molecule has 0 radical (unpaired) electrons. The third-order valence-corrected chi connectivity index (χ3v) is 3.11. The fourth-order valence-corrected chi connectivity index (χ4v) is 1.93. The number of nitrogens with zero attached hydrogens (tertiary/aromatic N) is 1. The molecule has 0 heterocycles. The first-order valence-electron chi connectivity index (χ1n) is 6.79. The molecular weight excluding hydrogens is 264 g/mol. The summed E-state index contributed by atoms with van der Waals surface area (Å²) in [6.07, 6.45) is 4.72. The molecule has 0 aliphatic rings. The summed E-state index contributed by atoms with van der Waals surface area (Å²) in [7, 11) is 3.91. The quantitative estimate of drug-likeness (QED) is 0.496. The van der Waals surface area contributed by atoms with Crippen LogP contribution in [0.25, 0.3) is 0 Å². The summed E-state index contributed by atoms with van der Waals surface area (Å²) in [5, 5.41) is 0. The fourth-order valence-electron chi connectivity index (χ4n) is 1.93. The molecular formula is C17H22N2O2. The minimum atomic E-state index is -0.499. The van der Waals surface area contributed by atoms with Gasteiger partial charge < -0.3 is 10.6 Å². The molecule has 112 valence electrons. The summed E-state index contributed by atoms with van der Waals surface area (Å²) in [5.74, 6) is -0.708. The summed E-state index contributed by atoms with van der Waals surface area (Å²) >= 11 is 0. The van der Waals surface area contributed by atoms with Crippen molar-refractivity contribution in [2.45, 2.75) is 13.8 Å². The Morgan fingerprint density at radius 3 is 2.19 bits per heavy atom. The molecule has 0 saturated heterocycles. The van der Waals surface area contributed by atoms with Gasteiger partial charge in [0, 0.05) is 37.3 Å². The number of amides is 1. The summed E-state index contributed by atoms with van der Waals surface area (Å²) in [6.45, 7) is 3.67. The van der Waals surface area contributed by atoms with E-state index >= 15 is 0 Å². The lowest BCUT2D eigenvalue weighted by Crippen LogP contribution is -2.11. The van der Waals surface area contributed by atoms with Crippen molar-refractivity contribution in [2.24, 2.45) is 11.7 Å². The van der Waals surface area contributed by atoms with Crippen LogP contribution in [0.5, 0.6) is 0 Å². The van der Waals surface area contributed by atoms with Crippen LogP contribution in [-0.2, 0) is 4.79 Å². The van der Waals surface area contributed by atoms with Gasteiger partial charge in [0.25, 0.3) is 0 Å². The molecule has 0 fully saturated rings. The van der Waals surface area contributed by atoms with Crippen molar-refractivity contribution in [1.29, 1.82) is 0 Å². The third kappa shape index (κ3) is 5.26. The molecule has 0 bridgehead atoms. The van der Waals surface area contributed by atoms with E-state index in [9.17, 15) is 9.59 Å². The molecule has 0 aliphatic heterocycles. The van der Waals surface area contributed by atoms with Gasteiger partial charge in [-0.25, -0.2) is 0 Å². The maximum Gasteiger partial charge on any atom is 0.241 e. The zero-order valence-electron chi connectivity index (χ0n) is 13.0. The van der Waals surface area contributed by atoms with Crippen LogP contribution in [0.4, 0.5) is 5.69 Å². The number of hydrogen-bond acceptors (Lipinski definition) is 3. The normalized spacial score (nSPS) is 13.2. The number of allylic oxidation sites excluding steroid dienone is 3. The van der Waals surface area contributed by atoms with Crippen LogP contribution in [0.2, 0.25) is 0 Å². The van der Waals surface area contributed by atoms with Crippen LogP contribution in [0.15, 0.2) is 48.1 Å². The Bertz CT molecular complexity index is 569. The third-order valence-electron chi connectivity index (χ3n) is 3.11. The highest BCUT2D eigenvalue weighted by molar-refractivity contribution is 5.99. The van der Waals surface area contributed by atoms with Crippen molar-refractivity contribution >= 4 is 17.4 Å². The van der Waals surface area contributed by atoms with E-state index in [1.54, 1.807) is 6.08 Å². The van der Waals surface area contributed by atoms with Crippen molar-refractivity contribution in [3.8, 4) is 0 Å². The summed E-state index contributed by atoms with van der Waals surface area (Å²) in [6, 6.07) is 7.50. The number of rotatable bonds is 6. The minimum absolute atomic E-state index is 0.0483. The fraction of sp³-hybridized carbons (Fsp3) is 0.294. The molecule has 0 saturated carbocycles. The monoisotopic (exact) mass is 286 g/mol. The maximum atomic E-state index is 12.3. The van der Waals surface area contributed by atoms with Crippen LogP contribution in [0.3, 0.4) is 0 Å². The number of benzene rings is 1. The van der Waals surface area contributed by atoms with E-state index in [1.165, 1.54) is 6.08 Å². The number of nitrogens with two attached hydrogens (primary N) is 1. The Kier molecular flexibility index (Phi) is 5.91. The average Bonchev–Trinajstić information content (AvgIpc) is 2.44. The smallest absolute Gasteiger partial charge is 0.241 e. The lowest BCUT2D eigenvalue weighted by atomic mass is 9.97. The molecule has 1 atom stereocenters. The molecule has 1 aromatic rings. The Morgan fingerprint density at radius 2 is 1.71 bits per heavy atom. The van der Waals surface area contributed by atoms with Crippen molar-refractivity contribution in [3.63, 3.8) is 0 Å². The van der Waals surface area contributed by atoms with Gasteiger partial charge in [-0.1, -0.05) is 24.6 Å². The van der Waals surface area contributed by atoms with Gasteiger partial charge >= 0.3 is 0 Å². The minimum Gasteiger partial charge on any atom is -0.378 e. The van der Waals surface area contributed by atoms with Gasteiger partial charge in [-0.3, -0.25) is 9.59 Å². The Morgan fingerprint density at radius 1 is 1.14 bits per heavy atom. The predicted molar refractivity (Wildman–Crippen MR) is 86.4 cm³/mol. The molecule has 1 aromatic carbocycles. The van der Waals surface area contributed by atoms with E-state index in [-0.39, 0.29) is 11.7 Å². The summed E-state index contributed by atoms with van der Waals surface area (Å²) in [4.78, 5) is 25.0. The average molecular weight is 286 g/mol. The van der Waals surface area contributed by atoms with Crippen LogP contribution in [0, 0.1) is 5.92 Å². The zero-order chi connectivity index (χ0) is 16.0. The van der Waals surface area contributed by atoms with Crippen molar-refractivity contribution < 1.29 is 9.59 Å². The van der Waals surface area contributed by atoms with E-state index < -0.39 is 5.91 Å². The number of primary amides is 1. The maximum absolute atomic E-state index is 12.3. The second-order valence-electron chi connectivity index (χ2n) is 5.24. The molecule has 2 N–H and O–H groups in total. The second kappa shape index (κ2) is 7.43. The molecule has 4 heteroatoms. The van der Waals surface area contributed by atoms with E-state index in [1.807, 2.05) is 63.2 Å². The first-order valence-corrected chi connectivity index (χ1v) is 6.79. The molecule has 4 nitrogen and oxygen atoms in total. The zero-order valence-corrected chi connectivity index (χ0v) is 13.0. The Hall–Kier alpha value is -2.36. The lowest BCUT2D eigenvalue weighted by Gasteiger charge is -2.13. The van der Waals surface area contributed by atoms with Crippen molar-refractivity contribution in [2.75, 3.05) is 19.0 Å². The van der Waals surface area contributed by atoms with Crippen LogP contribution in [0.1, 0.15) is 24.2 Å². The topological polar surface area (TPSA) is 63.4 Å². The van der Waals surface area contributed by atoms with Crippen LogP contribution in [-0.4, -0.2) is 25.8 Å². The summed E-state index contributed by atoms with van der Waals surface area (Å²) in [5.41, 5.74) is 7.60. The highest BCUT2D eigenvalue weighted by atomic mass is 16.1. The number of ketones is 1. The Labute approximate surface area is 125 Å². The molecule has 1 amide bonds. The predicted octanol–water partition coefficient (Wildman–Crippen LogP) is 2.56. The first kappa shape index (κ1) is 16.7. The van der Waals surface area contributed by atoms with Gasteiger partial charge in [0.1, 0.15) is 0 Å². The van der Waals surface area contributed by atoms with Gasteiger partial charge in [-0.05, 0) is 31.2 Å². The standard InChI is InChI=1S/C17H22N2O2/c1-12(5-10-16(18)20)11-13(2)17(21)14-6-8-15(9-7-14)19(3)4/h5-11,13H,1-4H3,(H2,18,20). The van der Waals surface area contributed by atoms with Gasteiger partial charge in [-0.2, -0.15) is 0 Å². The molecule has 1 unspecified atom stereocenters. The van der Waals surface area contributed by atoms with E-state index in [4.69, 9.17) is 5.73 Å². The highest BCUT2D eigenvalue weighted by Gasteiger charge is 2.13. The number of Topliss-reactive ketones (excluding diaryl/α,β-unsaturated/α-hetero) is 1. The number of hydrogen-bond donors (Lipinski definition) is 1. The lowest BCUT2D eigenvalue weighted by molar-refractivity contribution is -0.113. The second-order valence-corrected chi connectivity index (χ2v) is 5.24. The van der Waals surface area contributed by atoms with Crippen LogP contribution >= 0.6 is 0 Å². The summed E-state index contributed by atoms with van der Waals surface area (Å²) < 4.78 is 0. The van der Waals surface area contributed by atoms with Crippen molar-refractivity contribution in [1.82, 2.24) is 0 Å². The molecule has 0 spiro atoms. The number of carbonyl (C=O) groups is 2. The first-order chi connectivity index (χ1) is 9.81. The highest BCUT2D eigenvalue weighted by Crippen LogP contribution is 2.16. The Balaban J connectivity index is 2.82. The number of anilines is 1. The van der Waals surface area contributed by atoms with Gasteiger partial charge in [0.05, 0.1) is 0 Å². The number of carbonyl (C=O) groups excluding carboxylic acids is 2. The molecule has 21 heavy (non-hydrogen) atoms.